The zero-order valence-corrected chi connectivity index (χ0v) is 14.5. The number of hydrogen-bond donors (Lipinski definition) is 0. The number of piperidine rings is 1. The Labute approximate surface area is 138 Å². The van der Waals surface area contributed by atoms with Crippen LogP contribution in [0.1, 0.15) is 45.6 Å². The average molecular weight is 324 g/mol. The van der Waals surface area contributed by atoms with Gasteiger partial charge in [-0.05, 0) is 64.0 Å². The summed E-state index contributed by atoms with van der Waals surface area (Å²) in [5.74, 6) is 0.662. The van der Waals surface area contributed by atoms with E-state index in [1.54, 1.807) is 0 Å². The van der Waals surface area contributed by atoms with Crippen LogP contribution in [0.3, 0.4) is 0 Å². The van der Waals surface area contributed by atoms with Gasteiger partial charge in [0.25, 0.3) is 0 Å². The van der Waals surface area contributed by atoms with Crippen LogP contribution >= 0.6 is 11.6 Å². The molecule has 0 atom stereocenters. The van der Waals surface area contributed by atoms with Gasteiger partial charge in [-0.2, -0.15) is 0 Å². The molecule has 1 aliphatic heterocycles. The Bertz CT molecular complexity index is 502. The minimum atomic E-state index is -0.419. The van der Waals surface area contributed by atoms with Gasteiger partial charge in [0, 0.05) is 18.1 Å². The molecule has 1 amide bonds. The fourth-order valence-corrected chi connectivity index (χ4v) is 3.02. The van der Waals surface area contributed by atoms with Crippen molar-refractivity contribution >= 4 is 17.7 Å². The van der Waals surface area contributed by atoms with Crippen molar-refractivity contribution in [2.24, 2.45) is 5.92 Å². The van der Waals surface area contributed by atoms with E-state index in [4.69, 9.17) is 16.3 Å². The molecule has 0 saturated carbocycles. The number of hydrogen-bond acceptors (Lipinski definition) is 2. The summed E-state index contributed by atoms with van der Waals surface area (Å²) in [5.41, 5.74) is 0.802. The lowest BCUT2D eigenvalue weighted by atomic mass is 9.90. The molecule has 22 heavy (non-hydrogen) atoms. The van der Waals surface area contributed by atoms with Gasteiger partial charge in [-0.1, -0.05) is 29.8 Å². The quantitative estimate of drug-likeness (QED) is 0.790. The van der Waals surface area contributed by atoms with Crippen LogP contribution in [0.2, 0.25) is 5.02 Å². The minimum absolute atomic E-state index is 0.183. The smallest absolute Gasteiger partial charge is 0.410 e. The van der Waals surface area contributed by atoms with Crippen molar-refractivity contribution in [3.05, 3.63) is 34.9 Å². The van der Waals surface area contributed by atoms with Crippen LogP contribution in [-0.4, -0.2) is 29.7 Å². The molecule has 3 nitrogen and oxygen atoms in total. The van der Waals surface area contributed by atoms with Crippen molar-refractivity contribution in [1.82, 2.24) is 4.90 Å². The van der Waals surface area contributed by atoms with Gasteiger partial charge >= 0.3 is 6.09 Å². The molecule has 0 radical (unpaired) electrons. The highest BCUT2D eigenvalue weighted by atomic mass is 35.5. The molecule has 1 heterocycles. The summed E-state index contributed by atoms with van der Waals surface area (Å²) in [4.78, 5) is 13.9. The molecular weight excluding hydrogens is 298 g/mol. The second-order valence-corrected chi connectivity index (χ2v) is 7.45. The van der Waals surface area contributed by atoms with Crippen LogP contribution in [0, 0.1) is 5.92 Å². The van der Waals surface area contributed by atoms with Gasteiger partial charge in [0.1, 0.15) is 5.60 Å². The van der Waals surface area contributed by atoms with E-state index in [2.05, 4.69) is 6.07 Å². The van der Waals surface area contributed by atoms with Crippen LogP contribution in [-0.2, 0) is 11.2 Å². The van der Waals surface area contributed by atoms with E-state index in [0.717, 1.165) is 43.8 Å². The number of amides is 1. The van der Waals surface area contributed by atoms with Crippen molar-refractivity contribution in [3.63, 3.8) is 0 Å². The maximum absolute atomic E-state index is 12.0. The van der Waals surface area contributed by atoms with Gasteiger partial charge in [0.05, 0.1) is 0 Å². The third kappa shape index (κ3) is 5.20. The highest BCUT2D eigenvalue weighted by Crippen LogP contribution is 2.25. The van der Waals surface area contributed by atoms with Crippen molar-refractivity contribution in [3.8, 4) is 0 Å². The SMILES string of the molecule is CC(C)(C)OC(=O)N1CCC(CCc2ccccc2Cl)CC1. The monoisotopic (exact) mass is 323 g/mol. The highest BCUT2D eigenvalue weighted by Gasteiger charge is 2.26. The Morgan fingerprint density at radius 2 is 1.91 bits per heavy atom. The van der Waals surface area contributed by atoms with Crippen molar-refractivity contribution < 1.29 is 9.53 Å². The van der Waals surface area contributed by atoms with E-state index in [9.17, 15) is 4.79 Å². The molecule has 1 fully saturated rings. The van der Waals surface area contributed by atoms with Crippen molar-refractivity contribution in [2.45, 2.75) is 52.1 Å². The summed E-state index contributed by atoms with van der Waals surface area (Å²) in [6.45, 7) is 7.30. The van der Waals surface area contributed by atoms with E-state index < -0.39 is 5.60 Å². The maximum Gasteiger partial charge on any atom is 0.410 e. The molecular formula is C18H26ClNO2. The molecule has 1 aromatic rings. The lowest BCUT2D eigenvalue weighted by Crippen LogP contribution is -2.41. The first kappa shape index (κ1) is 17.1. The number of carbonyl (C=O) groups is 1. The van der Waals surface area contributed by atoms with E-state index in [0.29, 0.717) is 5.92 Å². The Morgan fingerprint density at radius 3 is 2.50 bits per heavy atom. The third-order valence-corrected chi connectivity index (χ3v) is 4.41. The molecule has 2 rings (SSSR count). The molecule has 1 saturated heterocycles. The summed E-state index contributed by atoms with van der Waals surface area (Å²) >= 11 is 6.20. The molecule has 1 aromatic carbocycles. The predicted molar refractivity (Wildman–Crippen MR) is 90.3 cm³/mol. The number of benzene rings is 1. The van der Waals surface area contributed by atoms with Gasteiger partial charge in [0.2, 0.25) is 0 Å². The topological polar surface area (TPSA) is 29.5 Å². The van der Waals surface area contributed by atoms with Crippen molar-refractivity contribution in [1.29, 1.82) is 0 Å². The summed E-state index contributed by atoms with van der Waals surface area (Å²) in [7, 11) is 0. The zero-order chi connectivity index (χ0) is 16.2. The van der Waals surface area contributed by atoms with E-state index in [1.807, 2.05) is 43.9 Å². The lowest BCUT2D eigenvalue weighted by Gasteiger charge is -2.33. The first-order valence-corrected chi connectivity index (χ1v) is 8.44. The highest BCUT2D eigenvalue weighted by molar-refractivity contribution is 6.31. The summed E-state index contributed by atoms with van der Waals surface area (Å²) < 4.78 is 5.43. The van der Waals surface area contributed by atoms with Crippen LogP contribution in [0.5, 0.6) is 0 Å². The van der Waals surface area contributed by atoms with Gasteiger partial charge in [-0.15, -0.1) is 0 Å². The summed E-state index contributed by atoms with van der Waals surface area (Å²) in [6, 6.07) is 8.04. The van der Waals surface area contributed by atoms with Gasteiger partial charge in [-0.25, -0.2) is 4.79 Å². The van der Waals surface area contributed by atoms with E-state index >= 15 is 0 Å². The number of halogens is 1. The minimum Gasteiger partial charge on any atom is -0.444 e. The molecule has 1 aliphatic rings. The zero-order valence-electron chi connectivity index (χ0n) is 13.8. The molecule has 122 valence electrons. The Hall–Kier alpha value is -1.22. The maximum atomic E-state index is 12.0. The van der Waals surface area contributed by atoms with Crippen LogP contribution in [0.15, 0.2) is 24.3 Å². The summed E-state index contributed by atoms with van der Waals surface area (Å²) in [6.07, 6.45) is 4.05. The van der Waals surface area contributed by atoms with E-state index in [-0.39, 0.29) is 6.09 Å². The Morgan fingerprint density at radius 1 is 1.27 bits per heavy atom. The molecule has 0 aliphatic carbocycles. The van der Waals surface area contributed by atoms with Crippen LogP contribution < -0.4 is 0 Å². The molecule has 0 unspecified atom stereocenters. The number of carbonyl (C=O) groups excluding carboxylic acids is 1. The van der Waals surface area contributed by atoms with Crippen LogP contribution in [0.4, 0.5) is 4.79 Å². The largest absolute Gasteiger partial charge is 0.444 e. The van der Waals surface area contributed by atoms with E-state index in [1.165, 1.54) is 5.56 Å². The normalized spacial score (nSPS) is 16.6. The molecule has 4 heteroatoms. The fraction of sp³-hybridized carbons (Fsp3) is 0.611. The number of likely N-dealkylation sites (tertiary alicyclic amines) is 1. The average Bonchev–Trinajstić information content (AvgIpc) is 2.45. The second-order valence-electron chi connectivity index (χ2n) is 7.04. The second kappa shape index (κ2) is 7.36. The number of ether oxygens (including phenoxy) is 1. The number of nitrogens with zero attached hydrogens (tertiary/aromatic N) is 1. The van der Waals surface area contributed by atoms with Gasteiger partial charge in [0.15, 0.2) is 0 Å². The first-order chi connectivity index (χ1) is 10.3. The summed E-state index contributed by atoms with van der Waals surface area (Å²) in [5, 5.41) is 0.855. The molecule has 0 N–H and O–H groups in total. The Balaban J connectivity index is 1.76. The van der Waals surface area contributed by atoms with Crippen molar-refractivity contribution in [2.75, 3.05) is 13.1 Å². The molecule has 0 aromatic heterocycles. The standard InChI is InChI=1S/C18H26ClNO2/c1-18(2,3)22-17(21)20-12-10-14(11-13-20)8-9-15-6-4-5-7-16(15)19/h4-7,14H,8-13H2,1-3H3. The van der Waals surface area contributed by atoms with Gasteiger partial charge < -0.3 is 9.64 Å². The number of rotatable bonds is 3. The molecule has 0 bridgehead atoms. The Kier molecular flexibility index (Phi) is 5.74. The third-order valence-electron chi connectivity index (χ3n) is 4.05. The predicted octanol–water partition coefficient (Wildman–Crippen LogP) is 4.92. The fourth-order valence-electron chi connectivity index (χ4n) is 2.79. The number of aryl methyl sites for hydroxylation is 1. The first-order valence-electron chi connectivity index (χ1n) is 8.06. The van der Waals surface area contributed by atoms with Gasteiger partial charge in [-0.3, -0.25) is 0 Å². The van der Waals surface area contributed by atoms with Crippen LogP contribution in [0.25, 0.3) is 0 Å². The molecule has 0 spiro atoms. The lowest BCUT2D eigenvalue weighted by molar-refractivity contribution is 0.0181.